The van der Waals surface area contributed by atoms with E-state index in [1.807, 2.05) is 0 Å². The third kappa shape index (κ3) is 8.99. The Bertz CT molecular complexity index is 518. The fourth-order valence-electron chi connectivity index (χ4n) is 2.96. The third-order valence-electron chi connectivity index (χ3n) is 4.55. The van der Waals surface area contributed by atoms with Crippen LogP contribution in [0, 0.1) is 0 Å². The molecule has 0 spiro atoms. The van der Waals surface area contributed by atoms with Crippen molar-refractivity contribution in [3.8, 4) is 0 Å². The van der Waals surface area contributed by atoms with Gasteiger partial charge in [0.2, 0.25) is 5.91 Å². The highest BCUT2D eigenvalue weighted by molar-refractivity contribution is 5.84. The number of rotatable bonds is 14. The number of aliphatic hydroxyl groups is 1. The second-order valence-electron chi connectivity index (χ2n) is 6.82. The van der Waals surface area contributed by atoms with Crippen LogP contribution < -0.4 is 5.32 Å². The number of carboxylic acid groups (broad SMARTS) is 1. The van der Waals surface area contributed by atoms with Gasteiger partial charge in [0, 0.05) is 6.42 Å². The summed E-state index contributed by atoms with van der Waals surface area (Å²) in [6, 6.07) is 7.20. The van der Waals surface area contributed by atoms with Gasteiger partial charge in [-0.3, -0.25) is 4.79 Å². The van der Waals surface area contributed by atoms with Crippen molar-refractivity contribution in [2.24, 2.45) is 0 Å². The van der Waals surface area contributed by atoms with Crippen LogP contribution in [0.1, 0.15) is 82.8 Å². The zero-order valence-electron chi connectivity index (χ0n) is 15.8. The number of unbranched alkanes of at least 4 members (excludes halogenated alkanes) is 8. The summed E-state index contributed by atoms with van der Waals surface area (Å²) >= 11 is 0. The van der Waals surface area contributed by atoms with Crippen LogP contribution in [0.4, 0.5) is 0 Å². The van der Waals surface area contributed by atoms with E-state index in [1.54, 1.807) is 30.3 Å². The van der Waals surface area contributed by atoms with Crippen LogP contribution >= 0.6 is 0 Å². The van der Waals surface area contributed by atoms with Gasteiger partial charge < -0.3 is 15.5 Å². The van der Waals surface area contributed by atoms with E-state index < -0.39 is 18.1 Å². The minimum Gasteiger partial charge on any atom is -0.480 e. The lowest BCUT2D eigenvalue weighted by atomic mass is 10.0. The predicted octanol–water partition coefficient (Wildman–Crippen LogP) is 4.21. The molecule has 0 aromatic heterocycles. The Labute approximate surface area is 156 Å². The summed E-state index contributed by atoms with van der Waals surface area (Å²) in [4.78, 5) is 23.4. The number of benzene rings is 1. The van der Waals surface area contributed by atoms with Gasteiger partial charge in [-0.15, -0.1) is 0 Å². The maximum Gasteiger partial charge on any atom is 0.329 e. The van der Waals surface area contributed by atoms with E-state index in [2.05, 4.69) is 12.2 Å². The quantitative estimate of drug-likeness (QED) is 0.432. The van der Waals surface area contributed by atoms with Gasteiger partial charge in [-0.1, -0.05) is 88.6 Å². The lowest BCUT2D eigenvalue weighted by molar-refractivity contribution is -0.145. The number of carbonyl (C=O) groups is 2. The van der Waals surface area contributed by atoms with E-state index >= 15 is 0 Å². The van der Waals surface area contributed by atoms with E-state index in [9.17, 15) is 19.8 Å². The summed E-state index contributed by atoms with van der Waals surface area (Å²) in [6.45, 7) is 2.21. The number of carboxylic acids is 1. The first-order valence-electron chi connectivity index (χ1n) is 9.81. The molecular weight excluding hydrogens is 330 g/mol. The Hall–Kier alpha value is -1.88. The molecular formula is C21H33NO4. The van der Waals surface area contributed by atoms with Crippen LogP contribution in [-0.2, 0) is 9.59 Å². The maximum atomic E-state index is 12.0. The van der Waals surface area contributed by atoms with Crippen LogP contribution in [0.3, 0.4) is 0 Å². The summed E-state index contributed by atoms with van der Waals surface area (Å²) < 4.78 is 0. The highest BCUT2D eigenvalue weighted by atomic mass is 16.4. The topological polar surface area (TPSA) is 86.6 Å². The number of hydrogen-bond acceptors (Lipinski definition) is 3. The lowest BCUT2D eigenvalue weighted by Crippen LogP contribution is -2.44. The van der Waals surface area contributed by atoms with Gasteiger partial charge in [0.1, 0.15) is 6.10 Å². The van der Waals surface area contributed by atoms with Gasteiger partial charge in [-0.2, -0.15) is 0 Å². The molecule has 3 N–H and O–H groups in total. The molecule has 5 nitrogen and oxygen atoms in total. The summed E-state index contributed by atoms with van der Waals surface area (Å²) in [5.41, 5.74) is 0.475. The fraction of sp³-hybridized carbons (Fsp3) is 0.619. The van der Waals surface area contributed by atoms with Crippen molar-refractivity contribution in [2.75, 3.05) is 0 Å². The largest absolute Gasteiger partial charge is 0.480 e. The van der Waals surface area contributed by atoms with Gasteiger partial charge in [-0.05, 0) is 12.0 Å². The molecule has 5 heteroatoms. The number of aliphatic carboxylic acids is 1. The summed E-state index contributed by atoms with van der Waals surface area (Å²) in [5, 5.41) is 22.0. The van der Waals surface area contributed by atoms with E-state index in [1.165, 1.54) is 38.5 Å². The zero-order valence-corrected chi connectivity index (χ0v) is 15.8. The second-order valence-corrected chi connectivity index (χ2v) is 6.82. The van der Waals surface area contributed by atoms with Gasteiger partial charge in [-0.25, -0.2) is 4.79 Å². The normalized spacial score (nSPS) is 13.2. The van der Waals surface area contributed by atoms with E-state index in [0.29, 0.717) is 12.0 Å². The first kappa shape index (κ1) is 22.2. The number of carbonyl (C=O) groups excluding carboxylic acids is 1. The van der Waals surface area contributed by atoms with E-state index in [-0.39, 0.29) is 5.91 Å². The Kier molecular flexibility index (Phi) is 11.4. The average Bonchev–Trinajstić information content (AvgIpc) is 2.64. The Morgan fingerprint density at radius 1 is 0.923 bits per heavy atom. The molecule has 0 unspecified atom stereocenters. The number of hydrogen-bond donors (Lipinski definition) is 3. The van der Waals surface area contributed by atoms with Crippen molar-refractivity contribution in [3.05, 3.63) is 35.9 Å². The van der Waals surface area contributed by atoms with Crippen LogP contribution in [-0.4, -0.2) is 28.1 Å². The Morgan fingerprint density at radius 3 is 2.00 bits per heavy atom. The first-order chi connectivity index (χ1) is 12.6. The maximum absolute atomic E-state index is 12.0. The summed E-state index contributed by atoms with van der Waals surface area (Å²) in [6.07, 6.45) is 9.44. The monoisotopic (exact) mass is 363 g/mol. The molecule has 146 valence electrons. The van der Waals surface area contributed by atoms with Crippen molar-refractivity contribution in [2.45, 2.75) is 83.3 Å². The molecule has 0 aliphatic carbocycles. The highest BCUT2D eigenvalue weighted by Crippen LogP contribution is 2.17. The van der Waals surface area contributed by atoms with Crippen molar-refractivity contribution >= 4 is 11.9 Å². The summed E-state index contributed by atoms with van der Waals surface area (Å²) in [7, 11) is 0. The third-order valence-corrected chi connectivity index (χ3v) is 4.55. The average molecular weight is 363 g/mol. The SMILES string of the molecule is CCCCCCCCCCCC(=O)N[C@@H](C(=O)O)[C@H](O)c1ccccc1. The lowest BCUT2D eigenvalue weighted by Gasteiger charge is -2.20. The van der Waals surface area contributed by atoms with Crippen molar-refractivity contribution in [1.82, 2.24) is 5.32 Å². The van der Waals surface area contributed by atoms with Gasteiger partial charge in [0.15, 0.2) is 6.04 Å². The molecule has 0 aliphatic rings. The summed E-state index contributed by atoms with van der Waals surface area (Å²) in [5.74, 6) is -1.56. The van der Waals surface area contributed by atoms with Crippen LogP contribution in [0.25, 0.3) is 0 Å². The second kappa shape index (κ2) is 13.3. The molecule has 0 saturated heterocycles. The van der Waals surface area contributed by atoms with Crippen LogP contribution in [0.15, 0.2) is 30.3 Å². The Balaban J connectivity index is 2.26. The molecule has 26 heavy (non-hydrogen) atoms. The smallest absolute Gasteiger partial charge is 0.329 e. The minimum atomic E-state index is -1.33. The van der Waals surface area contributed by atoms with Gasteiger partial charge in [0.25, 0.3) is 0 Å². The molecule has 0 aliphatic heterocycles. The highest BCUT2D eigenvalue weighted by Gasteiger charge is 2.29. The Morgan fingerprint density at radius 2 is 1.46 bits per heavy atom. The minimum absolute atomic E-state index is 0.293. The molecule has 0 bridgehead atoms. The number of amides is 1. The van der Waals surface area contributed by atoms with Crippen LogP contribution in [0.5, 0.6) is 0 Å². The van der Waals surface area contributed by atoms with E-state index in [0.717, 1.165) is 19.3 Å². The first-order valence-corrected chi connectivity index (χ1v) is 9.81. The van der Waals surface area contributed by atoms with Crippen molar-refractivity contribution < 1.29 is 19.8 Å². The fourth-order valence-corrected chi connectivity index (χ4v) is 2.96. The molecule has 0 fully saturated rings. The predicted molar refractivity (Wildman–Crippen MR) is 103 cm³/mol. The molecule has 0 radical (unpaired) electrons. The molecule has 0 saturated carbocycles. The van der Waals surface area contributed by atoms with E-state index in [4.69, 9.17) is 0 Å². The molecule has 1 aromatic rings. The molecule has 0 heterocycles. The van der Waals surface area contributed by atoms with Crippen LogP contribution in [0.2, 0.25) is 0 Å². The van der Waals surface area contributed by atoms with Gasteiger partial charge in [0.05, 0.1) is 0 Å². The number of aliphatic hydroxyl groups excluding tert-OH is 1. The zero-order chi connectivity index (χ0) is 19.2. The standard InChI is InChI=1S/C21H33NO4/c1-2-3-4-5-6-7-8-9-13-16-18(23)22-19(21(25)26)20(24)17-14-11-10-12-15-17/h10-12,14-15,19-20,24H,2-9,13,16H2,1H3,(H,22,23)(H,25,26)/t19-,20-/m1/s1. The van der Waals surface area contributed by atoms with Crippen molar-refractivity contribution in [1.29, 1.82) is 0 Å². The number of nitrogens with one attached hydrogen (secondary N) is 1. The van der Waals surface area contributed by atoms with Gasteiger partial charge >= 0.3 is 5.97 Å². The van der Waals surface area contributed by atoms with Crippen molar-refractivity contribution in [3.63, 3.8) is 0 Å². The molecule has 1 aromatic carbocycles. The molecule has 1 rings (SSSR count). The molecule has 1 amide bonds. The molecule has 2 atom stereocenters.